The molecule has 1 aromatic carbocycles. The number of nitrogens with zero attached hydrogens (tertiary/aromatic N) is 3. The van der Waals surface area contributed by atoms with E-state index in [9.17, 15) is 18.0 Å². The first-order valence-corrected chi connectivity index (χ1v) is 10.1. The Labute approximate surface area is 178 Å². The highest BCUT2D eigenvalue weighted by Gasteiger charge is 2.33. The molecule has 1 aromatic heterocycles. The second kappa shape index (κ2) is 7.90. The molecule has 1 fully saturated rings. The summed E-state index contributed by atoms with van der Waals surface area (Å²) in [7, 11) is 1.83. The van der Waals surface area contributed by atoms with Gasteiger partial charge >= 0.3 is 6.36 Å². The summed E-state index contributed by atoms with van der Waals surface area (Å²) < 4.78 is 40.7. The number of nitrogens with one attached hydrogen (secondary N) is 2. The third-order valence-electron chi connectivity index (χ3n) is 5.98. The van der Waals surface area contributed by atoms with E-state index in [2.05, 4.69) is 25.3 Å². The van der Waals surface area contributed by atoms with Crippen molar-refractivity contribution < 1.29 is 22.7 Å². The maximum Gasteiger partial charge on any atom is 0.573 e. The Balaban J connectivity index is 1.32. The van der Waals surface area contributed by atoms with Gasteiger partial charge in [-0.05, 0) is 56.2 Å². The number of carbonyl (C=O) groups excluding carboxylic acids is 1. The first-order valence-electron chi connectivity index (χ1n) is 10.1. The van der Waals surface area contributed by atoms with Crippen molar-refractivity contribution in [2.24, 2.45) is 5.92 Å². The van der Waals surface area contributed by atoms with Crippen LogP contribution in [0.15, 0.2) is 24.3 Å². The van der Waals surface area contributed by atoms with Crippen LogP contribution in [-0.4, -0.2) is 41.9 Å². The molecule has 2 N–H and O–H groups in total. The Hall–Kier alpha value is -3.04. The zero-order chi connectivity index (χ0) is 22.3. The van der Waals surface area contributed by atoms with Crippen molar-refractivity contribution in [3.8, 4) is 5.75 Å². The average Bonchev–Trinajstić information content (AvgIpc) is 2.66. The number of alkyl halides is 3. The van der Waals surface area contributed by atoms with E-state index in [4.69, 9.17) is 0 Å². The van der Waals surface area contributed by atoms with E-state index in [1.807, 2.05) is 25.8 Å². The lowest BCUT2D eigenvalue weighted by molar-refractivity contribution is -0.274. The minimum absolute atomic E-state index is 0.0825. The van der Waals surface area contributed by atoms with E-state index in [0.29, 0.717) is 41.5 Å². The summed E-state index contributed by atoms with van der Waals surface area (Å²) in [6, 6.07) is 5.78. The molecule has 10 heteroatoms. The molecule has 31 heavy (non-hydrogen) atoms. The molecule has 1 aliphatic carbocycles. The van der Waals surface area contributed by atoms with Crippen molar-refractivity contribution >= 4 is 23.4 Å². The van der Waals surface area contributed by atoms with Crippen LogP contribution in [0.3, 0.4) is 0 Å². The van der Waals surface area contributed by atoms with E-state index < -0.39 is 6.36 Å². The third-order valence-corrected chi connectivity index (χ3v) is 5.98. The second-order valence-electron chi connectivity index (χ2n) is 8.14. The number of anilines is 3. The largest absolute Gasteiger partial charge is 0.573 e. The number of hydrogen-bond acceptors (Lipinski definition) is 6. The quantitative estimate of drug-likeness (QED) is 0.737. The lowest BCUT2D eigenvalue weighted by Gasteiger charge is -2.36. The van der Waals surface area contributed by atoms with E-state index in [1.54, 1.807) is 12.1 Å². The van der Waals surface area contributed by atoms with Crippen LogP contribution >= 0.6 is 0 Å². The number of aromatic nitrogens is 2. The van der Waals surface area contributed by atoms with Gasteiger partial charge in [0.2, 0.25) is 11.9 Å². The normalized spacial score (nSPS) is 23.0. The van der Waals surface area contributed by atoms with Gasteiger partial charge in [0.25, 0.3) is 0 Å². The molecule has 1 atom stereocenters. The molecule has 0 spiro atoms. The van der Waals surface area contributed by atoms with E-state index in [0.717, 1.165) is 18.4 Å². The van der Waals surface area contributed by atoms with Gasteiger partial charge in [0.05, 0.1) is 5.69 Å². The number of benzene rings is 1. The van der Waals surface area contributed by atoms with Crippen molar-refractivity contribution in [1.82, 2.24) is 9.97 Å². The number of amides is 1. The fourth-order valence-electron chi connectivity index (χ4n) is 3.98. The van der Waals surface area contributed by atoms with Gasteiger partial charge in [0.1, 0.15) is 17.5 Å². The van der Waals surface area contributed by atoms with Gasteiger partial charge < -0.3 is 20.3 Å². The van der Waals surface area contributed by atoms with Gasteiger partial charge in [-0.15, -0.1) is 13.2 Å². The van der Waals surface area contributed by atoms with Crippen LogP contribution in [0.1, 0.15) is 36.9 Å². The summed E-state index contributed by atoms with van der Waals surface area (Å²) in [6.07, 6.45) is -2.81. The summed E-state index contributed by atoms with van der Waals surface area (Å²) >= 11 is 0. The topological polar surface area (TPSA) is 79.4 Å². The molecular formula is C21H24F3N5O2. The molecule has 0 unspecified atom stereocenters. The van der Waals surface area contributed by atoms with Crippen LogP contribution in [0.2, 0.25) is 0 Å². The van der Waals surface area contributed by atoms with Gasteiger partial charge in [-0.1, -0.05) is 12.1 Å². The highest BCUT2D eigenvalue weighted by Crippen LogP contribution is 2.42. The van der Waals surface area contributed by atoms with Crippen molar-refractivity contribution in [3.05, 3.63) is 35.5 Å². The molecule has 2 aliphatic rings. The number of rotatable bonds is 5. The highest BCUT2D eigenvalue weighted by atomic mass is 19.4. The number of likely N-dealkylation sites (N-methyl/N-ethyl adjacent to an activating group) is 1. The summed E-state index contributed by atoms with van der Waals surface area (Å²) in [5.74, 6) is 1.66. The molecule has 0 radical (unpaired) electrons. The summed E-state index contributed by atoms with van der Waals surface area (Å²) in [6.45, 7) is 4.36. The third kappa shape index (κ3) is 4.52. The van der Waals surface area contributed by atoms with Crippen LogP contribution in [0.4, 0.5) is 30.6 Å². The Morgan fingerprint density at radius 1 is 1.23 bits per heavy atom. The highest BCUT2D eigenvalue weighted by molar-refractivity contribution is 6.03. The number of halogens is 3. The molecular weight excluding hydrogens is 411 g/mol. The number of aryl methyl sites for hydroxylation is 1. The zero-order valence-electron chi connectivity index (χ0n) is 17.5. The van der Waals surface area contributed by atoms with Gasteiger partial charge in [0, 0.05) is 13.6 Å². The Bertz CT molecular complexity index is 974. The Morgan fingerprint density at radius 3 is 2.55 bits per heavy atom. The number of carbonyl (C=O) groups is 1. The lowest BCUT2D eigenvalue weighted by Crippen LogP contribution is -2.44. The molecule has 7 nitrogen and oxygen atoms in total. The van der Waals surface area contributed by atoms with Crippen LogP contribution in [0.5, 0.6) is 5.75 Å². The van der Waals surface area contributed by atoms with Crippen molar-refractivity contribution in [3.63, 3.8) is 0 Å². The molecule has 2 heterocycles. The first kappa shape index (κ1) is 21.2. The fraction of sp³-hybridized carbons (Fsp3) is 0.476. The number of fused-ring (bicyclic) bond motifs is 1. The van der Waals surface area contributed by atoms with E-state index in [-0.39, 0.29) is 17.7 Å². The van der Waals surface area contributed by atoms with Crippen molar-refractivity contribution in [2.45, 2.75) is 45.0 Å². The Kier molecular flexibility index (Phi) is 5.40. The molecule has 0 saturated heterocycles. The number of hydrogen-bond donors (Lipinski definition) is 2. The molecule has 1 saturated carbocycles. The van der Waals surface area contributed by atoms with Gasteiger partial charge in [-0.3, -0.25) is 4.79 Å². The Morgan fingerprint density at radius 2 is 1.90 bits per heavy atom. The van der Waals surface area contributed by atoms with Crippen LogP contribution in [-0.2, 0) is 4.79 Å². The fourth-order valence-corrected chi connectivity index (χ4v) is 3.98. The maximum absolute atomic E-state index is 12.3. The predicted octanol–water partition coefficient (Wildman–Crippen LogP) is 4.07. The van der Waals surface area contributed by atoms with Crippen LogP contribution in [0.25, 0.3) is 0 Å². The first-order chi connectivity index (χ1) is 14.6. The molecule has 166 valence electrons. The molecule has 1 aliphatic heterocycles. The molecule has 1 amide bonds. The predicted molar refractivity (Wildman–Crippen MR) is 110 cm³/mol. The molecule has 4 rings (SSSR count). The summed E-state index contributed by atoms with van der Waals surface area (Å²) in [5.41, 5.74) is 2.35. The van der Waals surface area contributed by atoms with E-state index in [1.165, 1.54) is 12.1 Å². The lowest BCUT2D eigenvalue weighted by atomic mass is 9.71. The standard InChI is InChI=1S/C21H24F3N5O2/c1-11-17-18(29(3)12(2)19(30)27-17)28-20(26-11)25-10-13-8-15(9-13)14-4-6-16(7-5-14)31-21(22,23)24/h4-7,12-13,15H,8-10H2,1-3H3,(H,27,30)(H,25,26,28)/t12-,13?,15?/m0/s1. The smallest absolute Gasteiger partial charge is 0.406 e. The SMILES string of the molecule is Cc1nc(NCC2CC(c3ccc(OC(F)(F)F)cc3)C2)nc2c1NC(=O)[C@H](C)N2C. The van der Waals surface area contributed by atoms with Gasteiger partial charge in [-0.25, -0.2) is 4.98 Å². The number of ether oxygens (including phenoxy) is 1. The average molecular weight is 435 g/mol. The van der Waals surface area contributed by atoms with Crippen LogP contribution < -0.4 is 20.3 Å². The van der Waals surface area contributed by atoms with Gasteiger partial charge in [0.15, 0.2) is 5.82 Å². The second-order valence-corrected chi connectivity index (χ2v) is 8.14. The minimum atomic E-state index is -4.68. The van der Waals surface area contributed by atoms with Gasteiger partial charge in [-0.2, -0.15) is 4.98 Å². The minimum Gasteiger partial charge on any atom is -0.406 e. The maximum atomic E-state index is 12.3. The summed E-state index contributed by atoms with van der Waals surface area (Å²) in [4.78, 5) is 22.9. The van der Waals surface area contributed by atoms with Crippen molar-refractivity contribution in [1.29, 1.82) is 0 Å². The zero-order valence-corrected chi connectivity index (χ0v) is 17.5. The van der Waals surface area contributed by atoms with Crippen LogP contribution in [0, 0.1) is 12.8 Å². The summed E-state index contributed by atoms with van der Waals surface area (Å²) in [5, 5.41) is 6.14. The van der Waals surface area contributed by atoms with E-state index >= 15 is 0 Å². The molecule has 0 bridgehead atoms. The molecule has 2 aromatic rings. The monoisotopic (exact) mass is 435 g/mol. The van der Waals surface area contributed by atoms with Crippen molar-refractivity contribution in [2.75, 3.05) is 29.1 Å².